The Labute approximate surface area is 155 Å². The summed E-state index contributed by atoms with van der Waals surface area (Å²) in [5.74, 6) is 2.48. The second kappa shape index (κ2) is 8.41. The highest BCUT2D eigenvalue weighted by Crippen LogP contribution is 2.41. The van der Waals surface area contributed by atoms with Crippen LogP contribution < -0.4 is 0 Å². The number of rotatable bonds is 4. The molecule has 0 atom stereocenters. The third-order valence-corrected chi connectivity index (χ3v) is 7.54. The van der Waals surface area contributed by atoms with E-state index in [4.69, 9.17) is 0 Å². The summed E-state index contributed by atoms with van der Waals surface area (Å²) in [6, 6.07) is 0. The molecule has 3 aliphatic rings. The van der Waals surface area contributed by atoms with Gasteiger partial charge in [0.05, 0.1) is 0 Å². The van der Waals surface area contributed by atoms with Gasteiger partial charge in [-0.25, -0.2) is 0 Å². The number of hydrogen-bond donors (Lipinski definition) is 0. The molecular weight excluding hydrogens is 308 g/mol. The van der Waals surface area contributed by atoms with Crippen molar-refractivity contribution in [1.29, 1.82) is 0 Å². The molecule has 1 amide bonds. The molecule has 0 aromatic carbocycles. The first kappa shape index (κ1) is 19.2. The fraction of sp³-hybridized carbons (Fsp3) is 0.955. The van der Waals surface area contributed by atoms with Crippen LogP contribution in [-0.2, 0) is 4.79 Å². The summed E-state index contributed by atoms with van der Waals surface area (Å²) < 4.78 is 0. The Morgan fingerprint density at radius 3 is 2.08 bits per heavy atom. The van der Waals surface area contributed by atoms with Gasteiger partial charge in [-0.1, -0.05) is 46.5 Å². The molecule has 1 spiro atoms. The number of nitrogens with zero attached hydrogens (tertiary/aromatic N) is 2. The molecule has 0 aromatic heterocycles. The van der Waals surface area contributed by atoms with Gasteiger partial charge in [-0.2, -0.15) is 0 Å². The topological polar surface area (TPSA) is 23.6 Å². The van der Waals surface area contributed by atoms with Gasteiger partial charge in [-0.3, -0.25) is 4.79 Å². The van der Waals surface area contributed by atoms with Crippen LogP contribution in [0.4, 0.5) is 0 Å². The minimum absolute atomic E-state index is 0.152. The van der Waals surface area contributed by atoms with E-state index in [0.717, 1.165) is 24.9 Å². The van der Waals surface area contributed by atoms with Crippen LogP contribution in [0.2, 0.25) is 0 Å². The summed E-state index contributed by atoms with van der Waals surface area (Å²) in [6.45, 7) is 12.4. The van der Waals surface area contributed by atoms with Crippen LogP contribution in [0.25, 0.3) is 0 Å². The molecule has 25 heavy (non-hydrogen) atoms. The highest BCUT2D eigenvalue weighted by molar-refractivity contribution is 5.78. The minimum Gasteiger partial charge on any atom is -0.342 e. The molecule has 0 N–H and O–H groups in total. The minimum atomic E-state index is 0.152. The molecule has 3 nitrogen and oxygen atoms in total. The van der Waals surface area contributed by atoms with Crippen molar-refractivity contribution in [2.45, 2.75) is 78.6 Å². The highest BCUT2D eigenvalue weighted by atomic mass is 16.2. The Hall–Kier alpha value is -0.570. The van der Waals surface area contributed by atoms with Crippen molar-refractivity contribution < 1.29 is 4.79 Å². The van der Waals surface area contributed by atoms with Crippen molar-refractivity contribution in [2.75, 3.05) is 32.7 Å². The number of carbonyl (C=O) groups is 1. The Bertz CT molecular complexity index is 421. The number of likely N-dealkylation sites (tertiary alicyclic amines) is 2. The van der Waals surface area contributed by atoms with Gasteiger partial charge in [-0.15, -0.1) is 0 Å². The van der Waals surface area contributed by atoms with E-state index in [1.807, 2.05) is 13.8 Å². The highest BCUT2D eigenvalue weighted by Gasteiger charge is 2.38. The van der Waals surface area contributed by atoms with Gasteiger partial charge in [0.1, 0.15) is 0 Å². The first-order valence-electron chi connectivity index (χ1n) is 11.0. The maximum atomic E-state index is 12.2. The molecule has 0 radical (unpaired) electrons. The Balaban J connectivity index is 1.37. The molecule has 2 aliphatic heterocycles. The lowest BCUT2D eigenvalue weighted by atomic mass is 9.71. The number of carbonyl (C=O) groups excluding carboxylic acids is 1. The van der Waals surface area contributed by atoms with Crippen LogP contribution in [0.15, 0.2) is 0 Å². The van der Waals surface area contributed by atoms with E-state index in [1.165, 1.54) is 77.4 Å². The predicted molar refractivity (Wildman–Crippen MR) is 104 cm³/mol. The SMILES string of the molecule is CC1CCC(CCN2CCC3(CC2)CCN(C(=O)C(C)C)CC3)CC1. The number of hydrogen-bond acceptors (Lipinski definition) is 2. The summed E-state index contributed by atoms with van der Waals surface area (Å²) in [4.78, 5) is 17.0. The first-order valence-corrected chi connectivity index (χ1v) is 11.0. The molecule has 3 heteroatoms. The zero-order valence-corrected chi connectivity index (χ0v) is 16.9. The monoisotopic (exact) mass is 348 g/mol. The molecule has 2 saturated heterocycles. The normalized spacial score (nSPS) is 30.8. The second-order valence-electron chi connectivity index (χ2n) is 9.74. The van der Waals surface area contributed by atoms with Crippen LogP contribution in [-0.4, -0.2) is 48.4 Å². The maximum absolute atomic E-state index is 12.2. The van der Waals surface area contributed by atoms with E-state index in [2.05, 4.69) is 16.7 Å². The third-order valence-electron chi connectivity index (χ3n) is 7.54. The Kier molecular flexibility index (Phi) is 6.46. The van der Waals surface area contributed by atoms with Gasteiger partial charge >= 0.3 is 0 Å². The lowest BCUT2D eigenvalue weighted by molar-refractivity contribution is -0.137. The average Bonchev–Trinajstić information content (AvgIpc) is 2.63. The van der Waals surface area contributed by atoms with Gasteiger partial charge in [0, 0.05) is 19.0 Å². The van der Waals surface area contributed by atoms with Gasteiger partial charge in [0.15, 0.2) is 0 Å². The summed E-state index contributed by atoms with van der Waals surface area (Å²) in [6.07, 6.45) is 12.5. The molecular formula is C22H40N2O. The zero-order chi connectivity index (χ0) is 17.9. The summed E-state index contributed by atoms with van der Waals surface area (Å²) in [5, 5.41) is 0. The molecule has 0 unspecified atom stereocenters. The molecule has 144 valence electrons. The van der Waals surface area contributed by atoms with Crippen LogP contribution in [0.1, 0.15) is 78.6 Å². The third kappa shape index (κ3) is 4.99. The van der Waals surface area contributed by atoms with Crippen molar-refractivity contribution in [2.24, 2.45) is 23.2 Å². The van der Waals surface area contributed by atoms with Crippen molar-refractivity contribution in [3.63, 3.8) is 0 Å². The van der Waals surface area contributed by atoms with E-state index in [0.29, 0.717) is 11.3 Å². The molecule has 1 saturated carbocycles. The van der Waals surface area contributed by atoms with Gasteiger partial charge in [0.25, 0.3) is 0 Å². The van der Waals surface area contributed by atoms with Crippen molar-refractivity contribution in [3.05, 3.63) is 0 Å². The zero-order valence-electron chi connectivity index (χ0n) is 16.9. The predicted octanol–water partition coefficient (Wildman–Crippen LogP) is 4.56. The summed E-state index contributed by atoms with van der Waals surface area (Å²) in [7, 11) is 0. The number of piperidine rings is 2. The summed E-state index contributed by atoms with van der Waals surface area (Å²) >= 11 is 0. The van der Waals surface area contributed by atoms with Crippen molar-refractivity contribution in [3.8, 4) is 0 Å². The molecule has 3 rings (SSSR count). The first-order chi connectivity index (χ1) is 12.0. The smallest absolute Gasteiger partial charge is 0.225 e. The van der Waals surface area contributed by atoms with E-state index < -0.39 is 0 Å². The summed E-state index contributed by atoms with van der Waals surface area (Å²) in [5.41, 5.74) is 0.546. The van der Waals surface area contributed by atoms with E-state index in [9.17, 15) is 4.79 Å². The quantitative estimate of drug-likeness (QED) is 0.743. The van der Waals surface area contributed by atoms with Crippen LogP contribution in [0, 0.1) is 23.2 Å². The fourth-order valence-corrected chi connectivity index (χ4v) is 5.30. The van der Waals surface area contributed by atoms with E-state index >= 15 is 0 Å². The largest absolute Gasteiger partial charge is 0.342 e. The lowest BCUT2D eigenvalue weighted by Gasteiger charge is -2.47. The number of amides is 1. The average molecular weight is 349 g/mol. The maximum Gasteiger partial charge on any atom is 0.225 e. The molecule has 3 fully saturated rings. The second-order valence-corrected chi connectivity index (χ2v) is 9.74. The van der Waals surface area contributed by atoms with Crippen molar-refractivity contribution in [1.82, 2.24) is 9.80 Å². The Morgan fingerprint density at radius 1 is 0.960 bits per heavy atom. The molecule has 0 bridgehead atoms. The molecule has 0 aromatic rings. The van der Waals surface area contributed by atoms with E-state index in [-0.39, 0.29) is 5.92 Å². The lowest BCUT2D eigenvalue weighted by Crippen LogP contribution is -2.49. The van der Waals surface area contributed by atoms with Gasteiger partial charge in [-0.05, 0) is 69.0 Å². The molecule has 2 heterocycles. The van der Waals surface area contributed by atoms with Crippen molar-refractivity contribution >= 4 is 5.91 Å². The van der Waals surface area contributed by atoms with Crippen LogP contribution in [0.3, 0.4) is 0 Å². The Morgan fingerprint density at radius 2 is 1.52 bits per heavy atom. The van der Waals surface area contributed by atoms with Crippen LogP contribution >= 0.6 is 0 Å². The van der Waals surface area contributed by atoms with Gasteiger partial charge < -0.3 is 9.80 Å². The van der Waals surface area contributed by atoms with Gasteiger partial charge in [0.2, 0.25) is 5.91 Å². The van der Waals surface area contributed by atoms with Crippen LogP contribution in [0.5, 0.6) is 0 Å². The fourth-order valence-electron chi connectivity index (χ4n) is 5.30. The van der Waals surface area contributed by atoms with E-state index in [1.54, 1.807) is 0 Å². The standard InChI is InChI=1S/C22H40N2O/c1-18(2)21(25)24-16-11-22(12-17-24)9-14-23(15-10-22)13-8-20-6-4-19(3)5-7-20/h18-20H,4-17H2,1-3H3. The molecule has 1 aliphatic carbocycles.